The van der Waals surface area contributed by atoms with Crippen molar-refractivity contribution in [1.82, 2.24) is 9.97 Å². The molecule has 1 heterocycles. The first kappa shape index (κ1) is 19.4. The van der Waals surface area contributed by atoms with Crippen molar-refractivity contribution in [2.45, 2.75) is 6.10 Å². The van der Waals surface area contributed by atoms with Gasteiger partial charge in [0, 0.05) is 18.2 Å². The molecule has 0 bridgehead atoms. The molecule has 0 aliphatic heterocycles. The highest BCUT2D eigenvalue weighted by atomic mass is 16.3. The van der Waals surface area contributed by atoms with Crippen molar-refractivity contribution >= 4 is 17.9 Å². The van der Waals surface area contributed by atoms with Crippen LogP contribution in [-0.4, -0.2) is 40.2 Å². The Morgan fingerprint density at radius 2 is 1.50 bits per heavy atom. The molecule has 1 aliphatic rings. The van der Waals surface area contributed by atoms with Crippen molar-refractivity contribution in [3.63, 3.8) is 0 Å². The number of aliphatic hydroxyl groups excluding tert-OH is 1. The Bertz CT molecular complexity index is 1080. The number of carbonyl (C=O) groups excluding carboxylic acids is 1. The summed E-state index contributed by atoms with van der Waals surface area (Å²) in [5.74, 6) is 0.0929. The second-order valence-corrected chi connectivity index (χ2v) is 6.79. The number of ketones is 1. The third-order valence-electron chi connectivity index (χ3n) is 4.60. The number of anilines is 1. The Kier molecular flexibility index (Phi) is 5.59. The molecule has 1 N–H and O–H groups in total. The first-order valence-corrected chi connectivity index (χ1v) is 9.49. The van der Waals surface area contributed by atoms with Crippen molar-refractivity contribution in [2.24, 2.45) is 5.10 Å². The molecule has 3 aromatic rings. The normalized spacial score (nSPS) is 16.0. The van der Waals surface area contributed by atoms with Crippen LogP contribution in [0.3, 0.4) is 0 Å². The molecule has 0 saturated carbocycles. The smallest absolute Gasteiger partial charge is 0.247 e. The van der Waals surface area contributed by atoms with Crippen LogP contribution < -0.4 is 5.01 Å². The second-order valence-electron chi connectivity index (χ2n) is 6.79. The summed E-state index contributed by atoms with van der Waals surface area (Å²) in [4.78, 5) is 20.7. The lowest BCUT2D eigenvalue weighted by molar-refractivity contribution is -0.120. The fraction of sp³-hybridized carbons (Fsp3) is 0.0833. The Labute approximate surface area is 174 Å². The number of allylic oxidation sites excluding steroid dienone is 2. The highest BCUT2D eigenvalue weighted by Gasteiger charge is 2.14. The maximum atomic E-state index is 11.4. The van der Waals surface area contributed by atoms with Crippen molar-refractivity contribution in [3.8, 4) is 22.5 Å². The molecule has 2 aromatic carbocycles. The van der Waals surface area contributed by atoms with Crippen LogP contribution in [0.1, 0.15) is 0 Å². The monoisotopic (exact) mass is 396 g/mol. The molecule has 1 aromatic heterocycles. The minimum Gasteiger partial charge on any atom is -0.381 e. The maximum absolute atomic E-state index is 11.4. The average molecular weight is 396 g/mol. The molecule has 148 valence electrons. The van der Waals surface area contributed by atoms with Crippen LogP contribution in [0, 0.1) is 0 Å². The quantitative estimate of drug-likeness (QED) is 0.526. The molecule has 0 radical (unpaired) electrons. The number of aromatic nitrogens is 2. The van der Waals surface area contributed by atoms with E-state index in [1.165, 1.54) is 12.2 Å². The molecule has 30 heavy (non-hydrogen) atoms. The highest BCUT2D eigenvalue weighted by Crippen LogP contribution is 2.26. The van der Waals surface area contributed by atoms with Crippen LogP contribution in [0.25, 0.3) is 22.5 Å². The fourth-order valence-corrected chi connectivity index (χ4v) is 2.98. The van der Waals surface area contributed by atoms with Gasteiger partial charge in [-0.1, -0.05) is 60.7 Å². The van der Waals surface area contributed by atoms with Crippen LogP contribution in [0.2, 0.25) is 0 Å². The van der Waals surface area contributed by atoms with Crippen molar-refractivity contribution < 1.29 is 9.90 Å². The molecule has 0 saturated heterocycles. The zero-order valence-electron chi connectivity index (χ0n) is 16.4. The van der Waals surface area contributed by atoms with Crippen LogP contribution in [-0.2, 0) is 4.79 Å². The number of aliphatic hydroxyl groups is 1. The van der Waals surface area contributed by atoms with E-state index >= 15 is 0 Å². The van der Waals surface area contributed by atoms with Gasteiger partial charge in [0.1, 0.15) is 6.10 Å². The summed E-state index contributed by atoms with van der Waals surface area (Å²) in [7, 11) is 1.75. The molecule has 0 amide bonds. The molecular weight excluding hydrogens is 376 g/mol. The standard InChI is InChI=1S/C24H20N4O2/c1-28(25-16-17-12-13-22(29)23(30)14-17)24-26-20(18-8-4-2-5-9-18)15-21(27-24)19-10-6-3-7-11-19/h2-16,23,30H,1H3/b25-16-. The van der Waals surface area contributed by atoms with E-state index in [2.05, 4.69) is 15.1 Å². The Balaban J connectivity index is 1.70. The molecule has 1 aliphatic carbocycles. The van der Waals surface area contributed by atoms with Gasteiger partial charge < -0.3 is 5.11 Å². The first-order valence-electron chi connectivity index (χ1n) is 9.49. The third kappa shape index (κ3) is 4.39. The van der Waals surface area contributed by atoms with Gasteiger partial charge in [0.05, 0.1) is 17.6 Å². The summed E-state index contributed by atoms with van der Waals surface area (Å²) in [5.41, 5.74) is 4.18. The topological polar surface area (TPSA) is 78.7 Å². The van der Waals surface area contributed by atoms with E-state index < -0.39 is 6.10 Å². The van der Waals surface area contributed by atoms with Crippen LogP contribution in [0.4, 0.5) is 5.95 Å². The molecule has 1 unspecified atom stereocenters. The first-order chi connectivity index (χ1) is 14.6. The van der Waals surface area contributed by atoms with Gasteiger partial charge in [-0.05, 0) is 29.9 Å². The molecule has 6 heteroatoms. The number of carbonyl (C=O) groups is 1. The van der Waals surface area contributed by atoms with Crippen LogP contribution in [0.5, 0.6) is 0 Å². The lowest BCUT2D eigenvalue weighted by atomic mass is 10.1. The van der Waals surface area contributed by atoms with Gasteiger partial charge in [-0.2, -0.15) is 5.10 Å². The Morgan fingerprint density at radius 1 is 0.933 bits per heavy atom. The minimum absolute atomic E-state index is 0.341. The summed E-state index contributed by atoms with van der Waals surface area (Å²) in [5, 5.41) is 15.6. The Morgan fingerprint density at radius 3 is 2.03 bits per heavy atom. The van der Waals surface area contributed by atoms with Crippen molar-refractivity contribution in [3.05, 3.63) is 90.5 Å². The molecule has 1 atom stereocenters. The summed E-state index contributed by atoms with van der Waals surface area (Å²) < 4.78 is 0. The second kappa shape index (κ2) is 8.63. The summed E-state index contributed by atoms with van der Waals surface area (Å²) in [6, 6.07) is 21.8. The van der Waals surface area contributed by atoms with E-state index in [1.807, 2.05) is 66.7 Å². The molecule has 0 fully saturated rings. The number of rotatable bonds is 5. The van der Waals surface area contributed by atoms with E-state index in [0.29, 0.717) is 11.5 Å². The summed E-state index contributed by atoms with van der Waals surface area (Å²) in [6.07, 6.45) is 4.84. The fourth-order valence-electron chi connectivity index (χ4n) is 2.98. The highest BCUT2D eigenvalue weighted by molar-refractivity contribution is 6.00. The lowest BCUT2D eigenvalue weighted by Gasteiger charge is -2.15. The SMILES string of the molecule is CN(/N=C\C1=CC(O)C(=O)C=C1)c1nc(-c2ccccc2)cc(-c2ccccc2)n1. The van der Waals surface area contributed by atoms with Gasteiger partial charge in [-0.3, -0.25) is 4.79 Å². The Hall–Kier alpha value is -3.90. The predicted molar refractivity (Wildman–Crippen MR) is 118 cm³/mol. The zero-order valence-corrected chi connectivity index (χ0v) is 16.4. The van der Waals surface area contributed by atoms with E-state index in [0.717, 1.165) is 22.5 Å². The van der Waals surface area contributed by atoms with Gasteiger partial charge in [-0.15, -0.1) is 0 Å². The number of hydrogen-bond acceptors (Lipinski definition) is 6. The molecule has 0 spiro atoms. The average Bonchev–Trinajstić information content (AvgIpc) is 2.80. The largest absolute Gasteiger partial charge is 0.381 e. The molecule has 6 nitrogen and oxygen atoms in total. The van der Waals surface area contributed by atoms with Crippen LogP contribution in [0.15, 0.2) is 95.6 Å². The lowest BCUT2D eigenvalue weighted by Crippen LogP contribution is -2.19. The predicted octanol–water partition coefficient (Wildman–Crippen LogP) is 3.66. The van der Waals surface area contributed by atoms with E-state index in [-0.39, 0.29) is 5.78 Å². The third-order valence-corrected chi connectivity index (χ3v) is 4.60. The van der Waals surface area contributed by atoms with Gasteiger partial charge in [0.25, 0.3) is 0 Å². The van der Waals surface area contributed by atoms with Crippen LogP contribution >= 0.6 is 0 Å². The van der Waals surface area contributed by atoms with E-state index in [4.69, 9.17) is 0 Å². The van der Waals surface area contributed by atoms with Gasteiger partial charge in [0.15, 0.2) is 5.78 Å². The number of nitrogens with zero attached hydrogens (tertiary/aromatic N) is 4. The minimum atomic E-state index is -1.14. The van der Waals surface area contributed by atoms with Crippen molar-refractivity contribution in [2.75, 3.05) is 12.1 Å². The van der Waals surface area contributed by atoms with Gasteiger partial charge in [0.2, 0.25) is 5.95 Å². The summed E-state index contributed by atoms with van der Waals surface area (Å²) >= 11 is 0. The molecule has 4 rings (SSSR count). The summed E-state index contributed by atoms with van der Waals surface area (Å²) in [6.45, 7) is 0. The van der Waals surface area contributed by atoms with E-state index in [1.54, 1.807) is 24.3 Å². The van der Waals surface area contributed by atoms with Crippen molar-refractivity contribution in [1.29, 1.82) is 0 Å². The van der Waals surface area contributed by atoms with E-state index in [9.17, 15) is 9.90 Å². The van der Waals surface area contributed by atoms with Gasteiger partial charge in [-0.25, -0.2) is 15.0 Å². The zero-order chi connectivity index (χ0) is 20.9. The number of benzene rings is 2. The molecular formula is C24H20N4O2. The number of hydrogen-bond donors (Lipinski definition) is 1. The maximum Gasteiger partial charge on any atom is 0.247 e. The number of hydrazone groups is 1. The van der Waals surface area contributed by atoms with Gasteiger partial charge >= 0.3 is 0 Å².